The summed E-state index contributed by atoms with van der Waals surface area (Å²) in [6, 6.07) is 15.9. The maximum atomic E-state index is 11.9. The molecular weight excluding hydrogens is 310 g/mol. The molecule has 2 rings (SSSR count). The van der Waals surface area contributed by atoms with Crippen LogP contribution in [0.3, 0.4) is 0 Å². The summed E-state index contributed by atoms with van der Waals surface area (Å²) in [4.78, 5) is 12.2. The molecule has 23 heavy (non-hydrogen) atoms. The summed E-state index contributed by atoms with van der Waals surface area (Å²) in [7, 11) is -3.21. The zero-order valence-corrected chi connectivity index (χ0v) is 13.9. The van der Waals surface area contributed by atoms with Crippen molar-refractivity contribution in [1.82, 2.24) is 5.32 Å². The van der Waals surface area contributed by atoms with E-state index in [-0.39, 0.29) is 16.8 Å². The normalized spacial score (nSPS) is 13.0. The lowest BCUT2D eigenvalue weighted by atomic mass is 10.1. The molecule has 0 aliphatic carbocycles. The third-order valence-electron chi connectivity index (χ3n) is 3.39. The average molecular weight is 329 g/mol. The van der Waals surface area contributed by atoms with Crippen LogP contribution in [0.5, 0.6) is 0 Å². The number of amides is 1. The molecule has 4 nitrogen and oxygen atoms in total. The number of nitrogens with one attached hydrogen (secondary N) is 1. The van der Waals surface area contributed by atoms with Gasteiger partial charge in [-0.2, -0.15) is 0 Å². The van der Waals surface area contributed by atoms with E-state index in [0.29, 0.717) is 0 Å². The fourth-order valence-electron chi connectivity index (χ4n) is 2.08. The predicted octanol–water partition coefficient (Wildman–Crippen LogP) is 2.98. The molecule has 2 aromatic carbocycles. The third-order valence-corrected chi connectivity index (χ3v) is 4.52. The molecule has 0 spiro atoms. The third kappa shape index (κ3) is 5.07. The molecule has 0 saturated carbocycles. The Balaban J connectivity index is 2.00. The van der Waals surface area contributed by atoms with Crippen molar-refractivity contribution in [3.8, 4) is 0 Å². The predicted molar refractivity (Wildman–Crippen MR) is 91.6 cm³/mol. The van der Waals surface area contributed by atoms with E-state index in [1.807, 2.05) is 37.3 Å². The number of carbonyl (C=O) groups is 1. The Morgan fingerprint density at radius 1 is 1.04 bits per heavy atom. The van der Waals surface area contributed by atoms with Gasteiger partial charge in [-0.15, -0.1) is 0 Å². The lowest BCUT2D eigenvalue weighted by molar-refractivity contribution is -0.117. The molecule has 0 saturated heterocycles. The van der Waals surface area contributed by atoms with Gasteiger partial charge in [-0.25, -0.2) is 8.42 Å². The molecule has 5 heteroatoms. The van der Waals surface area contributed by atoms with Gasteiger partial charge in [-0.3, -0.25) is 4.79 Å². The van der Waals surface area contributed by atoms with Crippen LogP contribution in [0, 0.1) is 0 Å². The van der Waals surface area contributed by atoms with Gasteiger partial charge >= 0.3 is 0 Å². The van der Waals surface area contributed by atoms with E-state index >= 15 is 0 Å². The van der Waals surface area contributed by atoms with E-state index in [1.54, 1.807) is 30.3 Å². The minimum atomic E-state index is -3.21. The zero-order valence-electron chi connectivity index (χ0n) is 13.1. The van der Waals surface area contributed by atoms with E-state index in [9.17, 15) is 13.2 Å². The average Bonchev–Trinajstić information content (AvgIpc) is 2.53. The highest BCUT2D eigenvalue weighted by molar-refractivity contribution is 7.90. The van der Waals surface area contributed by atoms with Gasteiger partial charge in [0, 0.05) is 12.3 Å². The summed E-state index contributed by atoms with van der Waals surface area (Å²) in [6.07, 6.45) is 4.40. The first-order chi connectivity index (χ1) is 10.9. The summed E-state index contributed by atoms with van der Waals surface area (Å²) in [5.41, 5.74) is 1.80. The summed E-state index contributed by atoms with van der Waals surface area (Å²) in [6.45, 7) is 1.85. The van der Waals surface area contributed by atoms with Crippen molar-refractivity contribution in [1.29, 1.82) is 0 Å². The lowest BCUT2D eigenvalue weighted by Crippen LogP contribution is -2.24. The molecule has 0 aliphatic heterocycles. The van der Waals surface area contributed by atoms with E-state index in [2.05, 4.69) is 5.32 Å². The van der Waals surface area contributed by atoms with Crippen LogP contribution in [0.2, 0.25) is 0 Å². The lowest BCUT2D eigenvalue weighted by Gasteiger charge is -2.13. The number of sulfone groups is 1. The maximum absolute atomic E-state index is 11.9. The van der Waals surface area contributed by atoms with Crippen molar-refractivity contribution in [2.24, 2.45) is 0 Å². The highest BCUT2D eigenvalue weighted by Gasteiger charge is 2.10. The van der Waals surface area contributed by atoms with Crippen molar-refractivity contribution >= 4 is 21.8 Å². The maximum Gasteiger partial charge on any atom is 0.244 e. The second-order valence-electron chi connectivity index (χ2n) is 5.32. The molecule has 0 aliphatic rings. The summed E-state index contributed by atoms with van der Waals surface area (Å²) >= 11 is 0. The molecule has 120 valence electrons. The van der Waals surface area contributed by atoms with Crippen LogP contribution in [-0.2, 0) is 14.6 Å². The number of benzene rings is 2. The smallest absolute Gasteiger partial charge is 0.244 e. The SMILES string of the molecule is C[C@@H](NC(=O)/C=C/c1ccccc1)c1ccc(S(C)(=O)=O)cc1. The zero-order chi connectivity index (χ0) is 16.9. The van der Waals surface area contributed by atoms with Crippen molar-refractivity contribution in [3.05, 3.63) is 71.8 Å². The number of carbonyl (C=O) groups excluding carboxylic acids is 1. The molecule has 0 heterocycles. The number of hydrogen-bond acceptors (Lipinski definition) is 3. The van der Waals surface area contributed by atoms with Gasteiger partial charge in [0.25, 0.3) is 0 Å². The Kier molecular flexibility index (Phi) is 5.34. The second kappa shape index (κ2) is 7.24. The highest BCUT2D eigenvalue weighted by atomic mass is 32.2. The fourth-order valence-corrected chi connectivity index (χ4v) is 2.72. The first-order valence-electron chi connectivity index (χ1n) is 7.20. The Morgan fingerprint density at radius 2 is 1.65 bits per heavy atom. The minimum Gasteiger partial charge on any atom is -0.346 e. The molecule has 1 atom stereocenters. The largest absolute Gasteiger partial charge is 0.346 e. The van der Waals surface area contributed by atoms with Crippen LogP contribution in [0.25, 0.3) is 6.08 Å². The van der Waals surface area contributed by atoms with Crippen molar-refractivity contribution in [3.63, 3.8) is 0 Å². The highest BCUT2D eigenvalue weighted by Crippen LogP contribution is 2.16. The Morgan fingerprint density at radius 3 is 2.22 bits per heavy atom. The van der Waals surface area contributed by atoms with E-state index in [4.69, 9.17) is 0 Å². The molecule has 0 fully saturated rings. The number of hydrogen-bond donors (Lipinski definition) is 1. The van der Waals surface area contributed by atoms with Gasteiger partial charge < -0.3 is 5.32 Å². The van der Waals surface area contributed by atoms with Crippen LogP contribution in [0.1, 0.15) is 24.1 Å². The number of rotatable bonds is 5. The first kappa shape index (κ1) is 17.0. The summed E-state index contributed by atoms with van der Waals surface area (Å²) in [5.74, 6) is -0.200. The van der Waals surface area contributed by atoms with E-state index in [1.165, 1.54) is 12.3 Å². The van der Waals surface area contributed by atoms with Gasteiger partial charge in [0.15, 0.2) is 9.84 Å². The van der Waals surface area contributed by atoms with Gasteiger partial charge in [-0.05, 0) is 36.3 Å². The second-order valence-corrected chi connectivity index (χ2v) is 7.33. The van der Waals surface area contributed by atoms with E-state index in [0.717, 1.165) is 11.1 Å². The van der Waals surface area contributed by atoms with Crippen LogP contribution in [0.15, 0.2) is 65.6 Å². The van der Waals surface area contributed by atoms with Gasteiger partial charge in [0.1, 0.15) is 0 Å². The summed E-state index contributed by atoms with van der Waals surface area (Å²) in [5, 5.41) is 2.85. The van der Waals surface area contributed by atoms with Crippen molar-refractivity contribution in [2.45, 2.75) is 17.9 Å². The van der Waals surface area contributed by atoms with Gasteiger partial charge in [-0.1, -0.05) is 42.5 Å². The topological polar surface area (TPSA) is 63.2 Å². The monoisotopic (exact) mass is 329 g/mol. The molecular formula is C18H19NO3S. The van der Waals surface area contributed by atoms with Crippen LogP contribution < -0.4 is 5.32 Å². The van der Waals surface area contributed by atoms with Crippen molar-refractivity contribution in [2.75, 3.05) is 6.26 Å². The molecule has 0 unspecified atom stereocenters. The molecule has 0 radical (unpaired) electrons. The molecule has 2 aromatic rings. The Hall–Kier alpha value is -2.40. The quantitative estimate of drug-likeness (QED) is 0.858. The van der Waals surface area contributed by atoms with Gasteiger partial charge in [0.05, 0.1) is 10.9 Å². The Bertz CT molecular complexity index is 794. The minimum absolute atomic E-state index is 0.200. The Labute approximate surface area is 136 Å². The van der Waals surface area contributed by atoms with Crippen molar-refractivity contribution < 1.29 is 13.2 Å². The van der Waals surface area contributed by atoms with Crippen LogP contribution >= 0.6 is 0 Å². The molecule has 0 aromatic heterocycles. The van der Waals surface area contributed by atoms with Crippen LogP contribution in [0.4, 0.5) is 0 Å². The van der Waals surface area contributed by atoms with E-state index < -0.39 is 9.84 Å². The van der Waals surface area contributed by atoms with Gasteiger partial charge in [0.2, 0.25) is 5.91 Å². The molecule has 1 N–H and O–H groups in total. The fraction of sp³-hybridized carbons (Fsp3) is 0.167. The first-order valence-corrected chi connectivity index (χ1v) is 9.09. The molecule has 0 bridgehead atoms. The molecule has 1 amide bonds. The van der Waals surface area contributed by atoms with Crippen LogP contribution in [-0.4, -0.2) is 20.6 Å². The summed E-state index contributed by atoms with van der Waals surface area (Å²) < 4.78 is 22.9. The standard InChI is InChI=1S/C18H19NO3S/c1-14(16-9-11-17(12-10-16)23(2,21)22)19-18(20)13-8-15-6-4-3-5-7-15/h3-14H,1-2H3,(H,19,20)/b13-8+/t14-/m1/s1.